The van der Waals surface area contributed by atoms with Crippen molar-refractivity contribution in [1.29, 1.82) is 0 Å². The SMILES string of the molecule is Cc1ccc(C(C)n2c(SCC(=O)O)n[nH]c2=O)cc1. The number of hydrogen-bond acceptors (Lipinski definition) is 4. The van der Waals surface area contributed by atoms with E-state index in [0.29, 0.717) is 5.16 Å². The molecule has 7 heteroatoms. The molecule has 0 spiro atoms. The van der Waals surface area contributed by atoms with Crippen LogP contribution in [0, 0.1) is 6.92 Å². The van der Waals surface area contributed by atoms with Crippen LogP contribution in [-0.2, 0) is 4.79 Å². The Hall–Kier alpha value is -2.02. The zero-order chi connectivity index (χ0) is 14.7. The summed E-state index contributed by atoms with van der Waals surface area (Å²) in [7, 11) is 0. The minimum atomic E-state index is -0.944. The normalized spacial score (nSPS) is 12.3. The Balaban J connectivity index is 2.31. The highest BCUT2D eigenvalue weighted by atomic mass is 32.2. The minimum Gasteiger partial charge on any atom is -0.481 e. The van der Waals surface area contributed by atoms with Gasteiger partial charge in [-0.2, -0.15) is 0 Å². The molecule has 2 N–H and O–H groups in total. The van der Waals surface area contributed by atoms with Crippen LogP contribution in [0.3, 0.4) is 0 Å². The largest absolute Gasteiger partial charge is 0.481 e. The summed E-state index contributed by atoms with van der Waals surface area (Å²) in [5, 5.41) is 15.3. The van der Waals surface area contributed by atoms with Crippen molar-refractivity contribution in [3.63, 3.8) is 0 Å². The van der Waals surface area contributed by atoms with Gasteiger partial charge >= 0.3 is 11.7 Å². The summed E-state index contributed by atoms with van der Waals surface area (Å²) < 4.78 is 1.47. The average Bonchev–Trinajstić information content (AvgIpc) is 2.77. The molecule has 0 bridgehead atoms. The average molecular weight is 293 g/mol. The molecule has 0 amide bonds. The summed E-state index contributed by atoms with van der Waals surface area (Å²) in [5.41, 5.74) is 1.77. The predicted octanol–water partition coefficient (Wildman–Crippen LogP) is 1.67. The number of carboxylic acids is 1. The smallest absolute Gasteiger partial charge is 0.344 e. The van der Waals surface area contributed by atoms with Crippen molar-refractivity contribution >= 4 is 17.7 Å². The molecule has 1 aromatic heterocycles. The van der Waals surface area contributed by atoms with Gasteiger partial charge in [0.25, 0.3) is 0 Å². The lowest BCUT2D eigenvalue weighted by molar-refractivity contribution is -0.133. The molecule has 6 nitrogen and oxygen atoms in total. The van der Waals surface area contributed by atoms with Gasteiger partial charge in [-0.05, 0) is 19.4 Å². The van der Waals surface area contributed by atoms with Gasteiger partial charge in [-0.15, -0.1) is 5.10 Å². The number of carboxylic acid groups (broad SMARTS) is 1. The number of rotatable bonds is 5. The van der Waals surface area contributed by atoms with Gasteiger partial charge in [0.2, 0.25) is 0 Å². The van der Waals surface area contributed by atoms with E-state index in [-0.39, 0.29) is 17.5 Å². The second kappa shape index (κ2) is 5.96. The van der Waals surface area contributed by atoms with Crippen LogP contribution in [0.25, 0.3) is 0 Å². The highest BCUT2D eigenvalue weighted by molar-refractivity contribution is 7.99. The van der Waals surface area contributed by atoms with Crippen LogP contribution in [-0.4, -0.2) is 31.6 Å². The first-order valence-corrected chi connectivity index (χ1v) is 7.05. The van der Waals surface area contributed by atoms with E-state index >= 15 is 0 Å². The van der Waals surface area contributed by atoms with E-state index in [1.54, 1.807) is 0 Å². The summed E-state index contributed by atoms with van der Waals surface area (Å²) in [6.45, 7) is 3.87. The molecule has 20 heavy (non-hydrogen) atoms. The molecular formula is C13H15N3O3S. The van der Waals surface area contributed by atoms with Crippen LogP contribution >= 0.6 is 11.8 Å². The van der Waals surface area contributed by atoms with Crippen molar-refractivity contribution in [3.05, 3.63) is 45.9 Å². The van der Waals surface area contributed by atoms with E-state index < -0.39 is 5.97 Å². The van der Waals surface area contributed by atoms with Crippen LogP contribution < -0.4 is 5.69 Å². The first-order chi connectivity index (χ1) is 9.49. The molecule has 1 unspecified atom stereocenters. The highest BCUT2D eigenvalue weighted by Gasteiger charge is 2.17. The summed E-state index contributed by atoms with van der Waals surface area (Å²) in [5.74, 6) is -1.08. The molecule has 2 rings (SSSR count). The van der Waals surface area contributed by atoms with E-state index in [9.17, 15) is 9.59 Å². The van der Waals surface area contributed by atoms with Crippen molar-refractivity contribution < 1.29 is 9.90 Å². The predicted molar refractivity (Wildman–Crippen MR) is 76.2 cm³/mol. The zero-order valence-corrected chi connectivity index (χ0v) is 12.0. The van der Waals surface area contributed by atoms with Crippen molar-refractivity contribution in [3.8, 4) is 0 Å². The maximum atomic E-state index is 11.9. The molecule has 0 saturated carbocycles. The quantitative estimate of drug-likeness (QED) is 0.819. The van der Waals surface area contributed by atoms with Crippen LogP contribution in [0.15, 0.2) is 34.2 Å². The fourth-order valence-corrected chi connectivity index (χ4v) is 2.60. The van der Waals surface area contributed by atoms with Gasteiger partial charge in [0.15, 0.2) is 5.16 Å². The Kier molecular flexibility index (Phi) is 4.29. The van der Waals surface area contributed by atoms with Crippen molar-refractivity contribution in [2.45, 2.75) is 25.0 Å². The molecule has 1 atom stereocenters. The monoisotopic (exact) mass is 293 g/mol. The summed E-state index contributed by atoms with van der Waals surface area (Å²) >= 11 is 1.02. The maximum absolute atomic E-state index is 11.9. The van der Waals surface area contributed by atoms with Gasteiger partial charge < -0.3 is 5.11 Å². The van der Waals surface area contributed by atoms with Crippen molar-refractivity contribution in [1.82, 2.24) is 14.8 Å². The van der Waals surface area contributed by atoms with Gasteiger partial charge in [0.05, 0.1) is 11.8 Å². The molecular weight excluding hydrogens is 278 g/mol. The molecule has 0 radical (unpaired) electrons. The van der Waals surface area contributed by atoms with Crippen molar-refractivity contribution in [2.75, 3.05) is 5.75 Å². The Morgan fingerprint density at radius 2 is 2.10 bits per heavy atom. The lowest BCUT2D eigenvalue weighted by atomic mass is 10.1. The Labute approximate surface area is 119 Å². The number of aryl methyl sites for hydroxylation is 1. The number of aromatic amines is 1. The number of aromatic nitrogens is 3. The second-order valence-electron chi connectivity index (χ2n) is 4.45. The number of thioether (sulfide) groups is 1. The standard InChI is InChI=1S/C13H15N3O3S/c1-8-3-5-10(6-4-8)9(2)16-12(19)14-15-13(16)20-7-11(17)18/h3-6,9H,7H2,1-2H3,(H,14,19)(H,17,18). The second-order valence-corrected chi connectivity index (χ2v) is 5.39. The lowest BCUT2D eigenvalue weighted by Gasteiger charge is -2.14. The Bertz CT molecular complexity index is 660. The molecule has 1 heterocycles. The molecule has 0 fully saturated rings. The van der Waals surface area contributed by atoms with Crippen LogP contribution in [0.4, 0.5) is 0 Å². The first-order valence-electron chi connectivity index (χ1n) is 6.07. The third kappa shape index (κ3) is 3.11. The zero-order valence-electron chi connectivity index (χ0n) is 11.2. The van der Waals surface area contributed by atoms with Gasteiger partial charge in [-0.25, -0.2) is 9.89 Å². The number of carbonyl (C=O) groups is 1. The van der Waals surface area contributed by atoms with Crippen LogP contribution in [0.2, 0.25) is 0 Å². The summed E-state index contributed by atoms with van der Waals surface area (Å²) in [6.07, 6.45) is 0. The number of nitrogens with one attached hydrogen (secondary N) is 1. The van der Waals surface area contributed by atoms with E-state index in [2.05, 4.69) is 10.2 Å². The third-order valence-corrected chi connectivity index (χ3v) is 3.88. The molecule has 0 saturated heterocycles. The number of nitrogens with zero attached hydrogens (tertiary/aromatic N) is 2. The molecule has 106 valence electrons. The summed E-state index contributed by atoms with van der Waals surface area (Å²) in [4.78, 5) is 22.5. The molecule has 0 aliphatic carbocycles. The van der Waals surface area contributed by atoms with Gasteiger partial charge in [-0.1, -0.05) is 41.6 Å². The fourth-order valence-electron chi connectivity index (χ4n) is 1.85. The first kappa shape index (κ1) is 14.4. The fraction of sp³-hybridized carbons (Fsp3) is 0.308. The Morgan fingerprint density at radius 3 is 2.70 bits per heavy atom. The number of aliphatic carboxylic acids is 1. The number of H-pyrrole nitrogens is 1. The molecule has 1 aromatic carbocycles. The summed E-state index contributed by atoms with van der Waals surface area (Å²) in [6, 6.07) is 7.64. The van der Waals surface area contributed by atoms with E-state index in [4.69, 9.17) is 5.11 Å². The Morgan fingerprint density at radius 1 is 1.45 bits per heavy atom. The third-order valence-electron chi connectivity index (χ3n) is 2.94. The van der Waals surface area contributed by atoms with Gasteiger partial charge in [0.1, 0.15) is 0 Å². The molecule has 0 aliphatic rings. The van der Waals surface area contributed by atoms with Crippen LogP contribution in [0.5, 0.6) is 0 Å². The van der Waals surface area contributed by atoms with Gasteiger partial charge in [0, 0.05) is 0 Å². The van der Waals surface area contributed by atoms with E-state index in [1.807, 2.05) is 38.1 Å². The van der Waals surface area contributed by atoms with Crippen LogP contribution in [0.1, 0.15) is 24.1 Å². The lowest BCUT2D eigenvalue weighted by Crippen LogP contribution is -2.22. The van der Waals surface area contributed by atoms with Gasteiger partial charge in [-0.3, -0.25) is 9.36 Å². The number of hydrogen-bond donors (Lipinski definition) is 2. The van der Waals surface area contributed by atoms with E-state index in [1.165, 1.54) is 4.57 Å². The topological polar surface area (TPSA) is 88.0 Å². The molecule has 2 aromatic rings. The maximum Gasteiger partial charge on any atom is 0.344 e. The molecule has 0 aliphatic heterocycles. The van der Waals surface area contributed by atoms with Crippen molar-refractivity contribution in [2.24, 2.45) is 0 Å². The number of benzene rings is 1. The minimum absolute atomic E-state index is 0.134. The highest BCUT2D eigenvalue weighted by Crippen LogP contribution is 2.22. The van der Waals surface area contributed by atoms with E-state index in [0.717, 1.165) is 22.9 Å².